The average molecular weight is 603 g/mol. The summed E-state index contributed by atoms with van der Waals surface area (Å²) in [7, 11) is 0. The number of aromatic nitrogens is 6. The molecule has 0 saturated carbocycles. The molecule has 0 aliphatic heterocycles. The summed E-state index contributed by atoms with van der Waals surface area (Å²) < 4.78 is 5.60. The van der Waals surface area contributed by atoms with Gasteiger partial charge in [-0.05, 0) is 66.9 Å². The molecular formula is C37H26N6O3. The van der Waals surface area contributed by atoms with Crippen molar-refractivity contribution in [3.8, 4) is 44.7 Å². The lowest BCUT2D eigenvalue weighted by Crippen LogP contribution is -2.11. The predicted molar refractivity (Wildman–Crippen MR) is 182 cm³/mol. The largest absolute Gasteiger partial charge is 0.367 e. The van der Waals surface area contributed by atoms with Gasteiger partial charge < -0.3 is 29.4 Å². The minimum Gasteiger partial charge on any atom is -0.367 e. The number of H-pyrrole nitrogens is 5. The minimum absolute atomic E-state index is 0.116. The van der Waals surface area contributed by atoms with Crippen molar-refractivity contribution in [3.63, 3.8) is 0 Å². The van der Waals surface area contributed by atoms with E-state index in [0.29, 0.717) is 16.9 Å². The van der Waals surface area contributed by atoms with Crippen LogP contribution >= 0.6 is 0 Å². The molecule has 0 radical (unpaired) electrons. The number of fused-ring (bicyclic) bond motifs is 6. The van der Waals surface area contributed by atoms with E-state index in [2.05, 4.69) is 54.3 Å². The molecule has 9 heteroatoms. The van der Waals surface area contributed by atoms with Crippen LogP contribution in [0.4, 0.5) is 0 Å². The second-order valence-electron chi connectivity index (χ2n) is 11.7. The van der Waals surface area contributed by atoms with Crippen LogP contribution in [0.25, 0.3) is 88.6 Å². The van der Waals surface area contributed by atoms with Gasteiger partial charge in [-0.25, -0.2) is 0 Å². The van der Waals surface area contributed by atoms with E-state index in [1.54, 1.807) is 6.20 Å². The quantitative estimate of drug-likeness (QED) is 0.140. The van der Waals surface area contributed by atoms with Gasteiger partial charge in [0.2, 0.25) is 0 Å². The first-order valence-corrected chi connectivity index (χ1v) is 15.0. The van der Waals surface area contributed by atoms with E-state index in [4.69, 9.17) is 4.52 Å². The topological polar surface area (TPSA) is 139 Å². The molecule has 0 aliphatic carbocycles. The second kappa shape index (κ2) is 9.57. The Morgan fingerprint density at radius 2 is 1.26 bits per heavy atom. The lowest BCUT2D eigenvalue weighted by Gasteiger charge is -2.12. The number of aromatic amines is 5. The van der Waals surface area contributed by atoms with Gasteiger partial charge in [0, 0.05) is 73.6 Å². The molecule has 0 atom stereocenters. The summed E-state index contributed by atoms with van der Waals surface area (Å²) in [6, 6.07) is 24.1. The highest BCUT2D eigenvalue weighted by Gasteiger charge is 2.20. The Bertz CT molecular complexity index is 2760. The Balaban J connectivity index is 1.30. The first-order valence-electron chi connectivity index (χ1n) is 15.0. The van der Waals surface area contributed by atoms with Crippen LogP contribution in [0.3, 0.4) is 0 Å². The number of nitrogens with one attached hydrogen (secondary N) is 5. The van der Waals surface area contributed by atoms with Crippen LogP contribution < -0.4 is 11.1 Å². The lowest BCUT2D eigenvalue weighted by atomic mass is 9.93. The smallest absolute Gasteiger partial charge is 0.252 e. The molecule has 0 fully saturated rings. The highest BCUT2D eigenvalue weighted by atomic mass is 16.5. The molecule has 46 heavy (non-hydrogen) atoms. The number of nitrogens with zero attached hydrogens (tertiary/aromatic N) is 1. The molecule has 0 aliphatic rings. The molecule has 3 aromatic carbocycles. The summed E-state index contributed by atoms with van der Waals surface area (Å²) in [5, 5.41) is 5.83. The summed E-state index contributed by atoms with van der Waals surface area (Å²) in [6.45, 7) is 3.69. The molecule has 0 spiro atoms. The van der Waals surface area contributed by atoms with Gasteiger partial charge in [-0.1, -0.05) is 35.5 Å². The van der Waals surface area contributed by atoms with Crippen molar-refractivity contribution in [1.29, 1.82) is 0 Å². The number of benzene rings is 3. The molecule has 0 unspecified atom stereocenters. The van der Waals surface area contributed by atoms with Crippen molar-refractivity contribution < 1.29 is 4.52 Å². The Morgan fingerprint density at radius 3 is 1.98 bits per heavy atom. The van der Waals surface area contributed by atoms with E-state index in [0.717, 1.165) is 82.8 Å². The van der Waals surface area contributed by atoms with Crippen molar-refractivity contribution >= 4 is 43.9 Å². The summed E-state index contributed by atoms with van der Waals surface area (Å²) in [5.41, 5.74) is 12.4. The van der Waals surface area contributed by atoms with Crippen LogP contribution in [0.5, 0.6) is 0 Å². The SMILES string of the molecule is Cc1c(-c2cc(-c3ccc4c(c3)[nH]c3c(-c5cc[nH]c5)c(C)c(=O)[nH]c34)cc(-c3ccno3)c2)c2[nH]c3ccccc3c2[nH]c1=O. The molecule has 0 bridgehead atoms. The van der Waals surface area contributed by atoms with Gasteiger partial charge in [0.05, 0.1) is 28.3 Å². The number of rotatable bonds is 4. The van der Waals surface area contributed by atoms with Crippen molar-refractivity contribution in [2.75, 3.05) is 0 Å². The predicted octanol–water partition coefficient (Wildman–Crippen LogP) is 7.93. The van der Waals surface area contributed by atoms with Gasteiger partial charge in [-0.3, -0.25) is 9.59 Å². The third-order valence-corrected chi connectivity index (χ3v) is 9.08. The standard InChI is InChI=1S/C37H26N6O3/c1-18-30(21-9-11-38-17-21)34-33(43-36(18)44)26-8-7-20(16-28(26)41-34)22-13-23(29-10-12-39-46-29)15-24(14-22)31-19(2)37(45)42-32-25-5-3-4-6-27(25)40-35(31)32/h3-17,38,40-41H,1-2H3,(H,42,45)(H,43,44). The Hall–Kier alpha value is -6.35. The molecule has 0 amide bonds. The van der Waals surface area contributed by atoms with Gasteiger partial charge in [0.15, 0.2) is 5.76 Å². The highest BCUT2D eigenvalue weighted by Crippen LogP contribution is 2.39. The molecule has 5 N–H and O–H groups in total. The number of pyridine rings is 2. The maximum absolute atomic E-state index is 13.3. The molecule has 6 heterocycles. The van der Waals surface area contributed by atoms with E-state index in [9.17, 15) is 9.59 Å². The maximum atomic E-state index is 13.3. The van der Waals surface area contributed by atoms with Gasteiger partial charge in [-0.2, -0.15) is 0 Å². The van der Waals surface area contributed by atoms with Crippen molar-refractivity contribution in [2.24, 2.45) is 0 Å². The molecule has 0 saturated heterocycles. The van der Waals surface area contributed by atoms with Crippen LogP contribution in [0.15, 0.2) is 105 Å². The average Bonchev–Trinajstić information content (AvgIpc) is 3.89. The van der Waals surface area contributed by atoms with E-state index < -0.39 is 0 Å². The van der Waals surface area contributed by atoms with Crippen LogP contribution in [-0.4, -0.2) is 30.1 Å². The van der Waals surface area contributed by atoms with Gasteiger partial charge >= 0.3 is 0 Å². The normalized spacial score (nSPS) is 11.9. The van der Waals surface area contributed by atoms with Crippen LogP contribution in [0, 0.1) is 13.8 Å². The fourth-order valence-electron chi connectivity index (χ4n) is 6.82. The molecule has 9 aromatic rings. The summed E-state index contributed by atoms with van der Waals surface area (Å²) in [4.78, 5) is 42.7. The number of para-hydroxylation sites is 1. The third-order valence-electron chi connectivity index (χ3n) is 9.08. The van der Waals surface area contributed by atoms with Gasteiger partial charge in [-0.15, -0.1) is 0 Å². The van der Waals surface area contributed by atoms with Crippen LogP contribution in [0.1, 0.15) is 11.1 Å². The van der Waals surface area contributed by atoms with E-state index in [1.165, 1.54) is 0 Å². The third kappa shape index (κ3) is 3.78. The Morgan fingerprint density at radius 1 is 0.587 bits per heavy atom. The molecule has 6 aromatic heterocycles. The Kier molecular flexibility index (Phi) is 5.43. The van der Waals surface area contributed by atoms with Gasteiger partial charge in [0.25, 0.3) is 11.1 Å². The van der Waals surface area contributed by atoms with E-state index in [-0.39, 0.29) is 11.1 Å². The van der Waals surface area contributed by atoms with E-state index >= 15 is 0 Å². The minimum atomic E-state index is -0.138. The monoisotopic (exact) mass is 602 g/mol. The van der Waals surface area contributed by atoms with Crippen molar-refractivity contribution in [1.82, 2.24) is 30.1 Å². The molecule has 9 nitrogen and oxygen atoms in total. The van der Waals surface area contributed by atoms with Crippen molar-refractivity contribution in [3.05, 3.63) is 123 Å². The highest BCUT2D eigenvalue weighted by molar-refractivity contribution is 6.12. The fourth-order valence-corrected chi connectivity index (χ4v) is 6.82. The molecular weight excluding hydrogens is 576 g/mol. The zero-order valence-electron chi connectivity index (χ0n) is 24.8. The van der Waals surface area contributed by atoms with Crippen LogP contribution in [0.2, 0.25) is 0 Å². The maximum Gasteiger partial charge on any atom is 0.252 e. The van der Waals surface area contributed by atoms with Crippen molar-refractivity contribution in [2.45, 2.75) is 13.8 Å². The summed E-state index contributed by atoms with van der Waals surface area (Å²) in [6.07, 6.45) is 5.38. The van der Waals surface area contributed by atoms with Crippen LogP contribution in [-0.2, 0) is 0 Å². The molecule has 9 rings (SSSR count). The number of hydrogen-bond acceptors (Lipinski definition) is 4. The number of hydrogen-bond donors (Lipinski definition) is 5. The zero-order valence-corrected chi connectivity index (χ0v) is 24.8. The summed E-state index contributed by atoms with van der Waals surface area (Å²) >= 11 is 0. The first-order chi connectivity index (χ1) is 22.4. The summed E-state index contributed by atoms with van der Waals surface area (Å²) in [5.74, 6) is 0.620. The fraction of sp³-hybridized carbons (Fsp3) is 0.0541. The van der Waals surface area contributed by atoms with E-state index in [1.807, 2.05) is 74.8 Å². The first kappa shape index (κ1) is 26.1. The van der Waals surface area contributed by atoms with Gasteiger partial charge in [0.1, 0.15) is 0 Å². The zero-order chi connectivity index (χ0) is 31.1. The lowest BCUT2D eigenvalue weighted by molar-refractivity contribution is 0.432. The Labute approximate surface area is 259 Å². The molecule has 222 valence electrons. The second-order valence-corrected chi connectivity index (χ2v) is 11.7.